The number of carbonyl (C=O) groups is 1. The maximum atomic E-state index is 13.3. The van der Waals surface area contributed by atoms with Gasteiger partial charge in [0.2, 0.25) is 0 Å². The van der Waals surface area contributed by atoms with Crippen LogP contribution in [0.5, 0.6) is 0 Å². The predicted molar refractivity (Wildman–Crippen MR) is 141 cm³/mol. The molecule has 8 nitrogen and oxygen atoms in total. The van der Waals surface area contributed by atoms with Crippen LogP contribution in [0.25, 0.3) is 0 Å². The van der Waals surface area contributed by atoms with Gasteiger partial charge >= 0.3 is 6.03 Å². The molecule has 2 aliphatic carbocycles. The van der Waals surface area contributed by atoms with Gasteiger partial charge in [0.05, 0.1) is 6.04 Å². The van der Waals surface area contributed by atoms with Crippen LogP contribution in [-0.4, -0.2) is 62.9 Å². The number of urea groups is 1. The summed E-state index contributed by atoms with van der Waals surface area (Å²) in [4.78, 5) is 15.7. The molecule has 37 heavy (non-hydrogen) atoms. The molecule has 1 aromatic heterocycles. The van der Waals surface area contributed by atoms with E-state index in [4.69, 9.17) is 0 Å². The van der Waals surface area contributed by atoms with Crippen molar-refractivity contribution in [3.8, 4) is 0 Å². The Hall–Kier alpha value is -2.55. The third-order valence-electron chi connectivity index (χ3n) is 8.74. The first-order valence-corrected chi connectivity index (χ1v) is 14.3. The van der Waals surface area contributed by atoms with Crippen LogP contribution in [0, 0.1) is 24.6 Å². The number of aromatic nitrogens is 4. The van der Waals surface area contributed by atoms with Crippen molar-refractivity contribution in [3.05, 3.63) is 41.5 Å². The summed E-state index contributed by atoms with van der Waals surface area (Å²) in [5.74, 6) is 1.77. The van der Waals surface area contributed by atoms with Gasteiger partial charge in [0.25, 0.3) is 0 Å². The van der Waals surface area contributed by atoms with Gasteiger partial charge in [0.1, 0.15) is 11.6 Å². The minimum atomic E-state index is -0.167. The van der Waals surface area contributed by atoms with Crippen LogP contribution in [0.2, 0.25) is 0 Å². The number of hydrogen-bond donors (Lipinski definition) is 2. The average molecular weight is 512 g/mol. The fraction of sp³-hybridized carbons (Fsp3) is 0.714. The lowest BCUT2D eigenvalue weighted by Gasteiger charge is -2.39. The third-order valence-corrected chi connectivity index (χ3v) is 8.74. The molecule has 2 aromatic rings. The van der Waals surface area contributed by atoms with E-state index in [1.807, 2.05) is 23.7 Å². The number of halogens is 1. The number of tetrazole rings is 1. The van der Waals surface area contributed by atoms with Crippen LogP contribution in [0.4, 0.5) is 9.18 Å². The zero-order valence-electron chi connectivity index (χ0n) is 22.1. The van der Waals surface area contributed by atoms with E-state index in [2.05, 4.69) is 31.1 Å². The minimum Gasteiger partial charge on any atom is -0.335 e. The molecule has 2 heterocycles. The summed E-state index contributed by atoms with van der Waals surface area (Å²) in [5, 5.41) is 18.6. The maximum absolute atomic E-state index is 13.3. The Bertz CT molecular complexity index is 1010. The molecule has 5 rings (SSSR count). The SMILES string of the molecule is Cc1nnnn1C1CCCC(NC(=O)N[C@@H]2CCCC[C@H]2CN2CCC[C@@H](Cc3ccc(F)cc3)C2)C1. The Labute approximate surface area is 219 Å². The van der Waals surface area contributed by atoms with Crippen LogP contribution in [0.15, 0.2) is 24.3 Å². The second-order valence-electron chi connectivity index (χ2n) is 11.6. The van der Waals surface area contributed by atoms with E-state index in [0.717, 1.165) is 64.0 Å². The molecule has 9 heteroatoms. The van der Waals surface area contributed by atoms with Crippen LogP contribution in [-0.2, 0) is 6.42 Å². The monoisotopic (exact) mass is 511 g/mol. The van der Waals surface area contributed by atoms with Gasteiger partial charge in [-0.1, -0.05) is 25.0 Å². The summed E-state index contributed by atoms with van der Waals surface area (Å²) in [7, 11) is 0. The molecule has 3 fully saturated rings. The van der Waals surface area contributed by atoms with Crippen molar-refractivity contribution in [2.45, 2.75) is 95.7 Å². The Balaban J connectivity index is 1.11. The van der Waals surface area contributed by atoms with E-state index in [1.165, 1.54) is 37.7 Å². The van der Waals surface area contributed by atoms with Crippen molar-refractivity contribution in [1.29, 1.82) is 0 Å². The van der Waals surface area contributed by atoms with Crippen molar-refractivity contribution >= 4 is 6.03 Å². The van der Waals surface area contributed by atoms with Crippen molar-refractivity contribution < 1.29 is 9.18 Å². The third kappa shape index (κ3) is 7.06. The highest BCUT2D eigenvalue weighted by molar-refractivity contribution is 5.74. The van der Waals surface area contributed by atoms with E-state index in [1.54, 1.807) is 12.1 Å². The molecule has 2 saturated carbocycles. The Morgan fingerprint density at radius 2 is 1.86 bits per heavy atom. The fourth-order valence-corrected chi connectivity index (χ4v) is 6.87. The van der Waals surface area contributed by atoms with Crippen LogP contribution in [0.3, 0.4) is 0 Å². The molecule has 0 bridgehead atoms. The zero-order valence-corrected chi connectivity index (χ0v) is 22.1. The van der Waals surface area contributed by atoms with Crippen molar-refractivity contribution in [2.24, 2.45) is 11.8 Å². The van der Waals surface area contributed by atoms with E-state index >= 15 is 0 Å². The van der Waals surface area contributed by atoms with Crippen molar-refractivity contribution in [3.63, 3.8) is 0 Å². The molecule has 0 radical (unpaired) electrons. The number of nitrogens with zero attached hydrogens (tertiary/aromatic N) is 5. The van der Waals surface area contributed by atoms with Gasteiger partial charge in [-0.05, 0) is 111 Å². The van der Waals surface area contributed by atoms with Crippen LogP contribution >= 0.6 is 0 Å². The molecule has 5 atom stereocenters. The minimum absolute atomic E-state index is 0.0242. The molecule has 2 amide bonds. The largest absolute Gasteiger partial charge is 0.335 e. The second-order valence-corrected chi connectivity index (χ2v) is 11.6. The molecule has 202 valence electrons. The van der Waals surface area contributed by atoms with Crippen LogP contribution < -0.4 is 10.6 Å². The number of piperidine rings is 1. The quantitative estimate of drug-likeness (QED) is 0.575. The average Bonchev–Trinajstić information content (AvgIpc) is 3.33. The van der Waals surface area contributed by atoms with Gasteiger partial charge in [0.15, 0.2) is 0 Å². The number of rotatable bonds is 7. The molecular weight excluding hydrogens is 469 g/mol. The Morgan fingerprint density at radius 3 is 2.68 bits per heavy atom. The van der Waals surface area contributed by atoms with Gasteiger partial charge in [-0.2, -0.15) is 0 Å². The van der Waals surface area contributed by atoms with Gasteiger partial charge in [0, 0.05) is 25.2 Å². The first-order chi connectivity index (χ1) is 18.0. The van der Waals surface area contributed by atoms with Gasteiger partial charge in [-0.15, -0.1) is 5.10 Å². The molecule has 0 spiro atoms. The first-order valence-electron chi connectivity index (χ1n) is 14.3. The predicted octanol–water partition coefficient (Wildman–Crippen LogP) is 4.42. The lowest BCUT2D eigenvalue weighted by atomic mass is 9.83. The fourth-order valence-electron chi connectivity index (χ4n) is 6.87. The Morgan fingerprint density at radius 1 is 1.03 bits per heavy atom. The highest BCUT2D eigenvalue weighted by Crippen LogP contribution is 2.30. The maximum Gasteiger partial charge on any atom is 0.315 e. The molecule has 1 aromatic carbocycles. The summed E-state index contributed by atoms with van der Waals surface area (Å²) in [6, 6.07) is 7.59. The van der Waals surface area contributed by atoms with Crippen LogP contribution in [0.1, 0.15) is 81.6 Å². The zero-order chi connectivity index (χ0) is 25.6. The standard InChI is InChI=1S/C28H42FN7O/c1-20-32-33-34-36(20)26-9-4-8-25(17-26)30-28(37)31-27-10-3-2-7-23(27)19-35-15-5-6-22(18-35)16-21-11-13-24(29)14-12-21/h11-14,22-23,25-27H,2-10,15-19H2,1H3,(H2,30,31,37)/t22-,23-,25?,26?,27+/m0/s1. The smallest absolute Gasteiger partial charge is 0.315 e. The summed E-state index contributed by atoms with van der Waals surface area (Å²) < 4.78 is 15.2. The molecule has 1 saturated heterocycles. The van der Waals surface area contributed by atoms with E-state index < -0.39 is 0 Å². The molecule has 2 unspecified atom stereocenters. The molecule has 3 aliphatic rings. The number of likely N-dealkylation sites (tertiary alicyclic amines) is 1. The number of carbonyl (C=O) groups excluding carboxylic acids is 1. The number of amides is 2. The molecule has 2 N–H and O–H groups in total. The highest BCUT2D eigenvalue weighted by Gasteiger charge is 2.31. The topological polar surface area (TPSA) is 88.0 Å². The van der Waals surface area contributed by atoms with E-state index in [0.29, 0.717) is 11.8 Å². The second kappa shape index (κ2) is 12.3. The normalized spacial score (nSPS) is 29.1. The van der Waals surface area contributed by atoms with E-state index in [9.17, 15) is 9.18 Å². The lowest BCUT2D eigenvalue weighted by molar-refractivity contribution is 0.121. The Kier molecular flexibility index (Phi) is 8.69. The van der Waals surface area contributed by atoms with E-state index in [-0.39, 0.29) is 30.0 Å². The van der Waals surface area contributed by atoms with Crippen molar-refractivity contribution in [2.75, 3.05) is 19.6 Å². The highest BCUT2D eigenvalue weighted by atomic mass is 19.1. The lowest BCUT2D eigenvalue weighted by Crippen LogP contribution is -2.52. The first kappa shape index (κ1) is 26.1. The summed E-state index contributed by atoms with van der Waals surface area (Å²) in [6.07, 6.45) is 12.1. The number of aryl methyl sites for hydroxylation is 1. The summed E-state index contributed by atoms with van der Waals surface area (Å²) >= 11 is 0. The number of benzene rings is 1. The number of hydrogen-bond acceptors (Lipinski definition) is 5. The summed E-state index contributed by atoms with van der Waals surface area (Å²) in [5.41, 5.74) is 1.22. The van der Waals surface area contributed by atoms with Gasteiger partial charge in [-0.3, -0.25) is 0 Å². The van der Waals surface area contributed by atoms with Gasteiger partial charge < -0.3 is 15.5 Å². The van der Waals surface area contributed by atoms with Crippen molar-refractivity contribution in [1.82, 2.24) is 35.7 Å². The van der Waals surface area contributed by atoms with Gasteiger partial charge in [-0.25, -0.2) is 13.9 Å². The molecule has 1 aliphatic heterocycles. The molecular formula is C28H42FN7O. The summed E-state index contributed by atoms with van der Waals surface area (Å²) in [6.45, 7) is 5.21. The number of nitrogens with one attached hydrogen (secondary N) is 2.